The highest BCUT2D eigenvalue weighted by Crippen LogP contribution is 2.29. The van der Waals surface area contributed by atoms with E-state index >= 15 is 0 Å². The Kier molecular flexibility index (Phi) is 6.62. The molecule has 27 heavy (non-hydrogen) atoms. The van der Waals surface area contributed by atoms with E-state index in [1.807, 2.05) is 41.6 Å². The third kappa shape index (κ3) is 4.38. The molecule has 0 saturated heterocycles. The molecule has 1 N–H and O–H groups in total. The van der Waals surface area contributed by atoms with Crippen molar-refractivity contribution in [1.29, 1.82) is 0 Å². The smallest absolute Gasteiger partial charge is 0.189 e. The van der Waals surface area contributed by atoms with Gasteiger partial charge in [0.2, 0.25) is 0 Å². The van der Waals surface area contributed by atoms with Crippen LogP contribution in [0, 0.1) is 0 Å². The molecule has 1 atom stereocenters. The first-order valence-corrected chi connectivity index (χ1v) is 9.59. The molecular weight excluding hydrogens is 366 g/mol. The maximum Gasteiger partial charge on any atom is 0.189 e. The second-order valence-electron chi connectivity index (χ2n) is 5.66. The summed E-state index contributed by atoms with van der Waals surface area (Å²) in [5.74, 6) is 0.746. The van der Waals surface area contributed by atoms with Crippen molar-refractivity contribution in [3.63, 3.8) is 0 Å². The molecule has 1 aromatic carbocycles. The number of anilines is 1. The van der Waals surface area contributed by atoms with Gasteiger partial charge in [0.1, 0.15) is 5.75 Å². The lowest BCUT2D eigenvalue weighted by Crippen LogP contribution is -2.52. The average Bonchev–Trinajstić information content (AvgIpc) is 2.73. The van der Waals surface area contributed by atoms with Gasteiger partial charge in [0.15, 0.2) is 23.2 Å². The highest BCUT2D eigenvalue weighted by molar-refractivity contribution is 7.98. The monoisotopic (exact) mass is 389 g/mol. The van der Waals surface area contributed by atoms with Crippen LogP contribution in [0.15, 0.2) is 40.6 Å². The zero-order valence-electron chi connectivity index (χ0n) is 15.7. The fraction of sp³-hybridized carbons (Fsp3) is 0.389. The molecule has 1 aliphatic heterocycles. The zero-order chi connectivity index (χ0) is 19.2. The number of fused-ring (bicyclic) bond motifs is 1. The first kappa shape index (κ1) is 19.6. The van der Waals surface area contributed by atoms with Gasteiger partial charge in [0, 0.05) is 26.6 Å². The fourth-order valence-electron chi connectivity index (χ4n) is 2.71. The molecule has 0 amide bonds. The number of rotatable bonds is 8. The van der Waals surface area contributed by atoms with Gasteiger partial charge in [0.05, 0.1) is 24.6 Å². The van der Waals surface area contributed by atoms with Gasteiger partial charge in [-0.2, -0.15) is 0 Å². The van der Waals surface area contributed by atoms with Crippen molar-refractivity contribution in [2.24, 2.45) is 4.99 Å². The molecule has 1 aliphatic rings. The van der Waals surface area contributed by atoms with Crippen LogP contribution < -0.4 is 25.7 Å². The Labute approximate surface area is 162 Å². The van der Waals surface area contributed by atoms with Crippen LogP contribution in [0.2, 0.25) is 0 Å². The van der Waals surface area contributed by atoms with Crippen molar-refractivity contribution in [2.75, 3.05) is 39.0 Å². The van der Waals surface area contributed by atoms with Gasteiger partial charge >= 0.3 is 0 Å². The minimum Gasteiger partial charge on any atom is -0.495 e. The van der Waals surface area contributed by atoms with Crippen molar-refractivity contribution in [3.05, 3.63) is 41.2 Å². The van der Waals surface area contributed by atoms with Crippen LogP contribution in [0.3, 0.4) is 0 Å². The lowest BCUT2D eigenvalue weighted by Gasteiger charge is -2.32. The van der Waals surface area contributed by atoms with E-state index in [0.717, 1.165) is 16.7 Å². The molecule has 1 aromatic heterocycles. The molecule has 0 bridgehead atoms. The number of ether oxygens (including phenoxy) is 3. The first-order valence-electron chi connectivity index (χ1n) is 8.37. The number of benzene rings is 1. The Morgan fingerprint density at radius 3 is 2.70 bits per heavy atom. The van der Waals surface area contributed by atoms with E-state index in [4.69, 9.17) is 19.2 Å². The van der Waals surface area contributed by atoms with Crippen LogP contribution in [0.25, 0.3) is 6.20 Å². The normalized spacial score (nSPS) is 15.9. The second kappa shape index (κ2) is 9.14. The van der Waals surface area contributed by atoms with E-state index in [2.05, 4.69) is 15.3 Å². The van der Waals surface area contributed by atoms with Crippen LogP contribution in [0.1, 0.15) is 0 Å². The number of aromatic nitrogens is 2. The molecule has 9 heteroatoms. The van der Waals surface area contributed by atoms with Crippen molar-refractivity contribution >= 4 is 23.6 Å². The molecule has 0 spiro atoms. The van der Waals surface area contributed by atoms with E-state index in [1.54, 1.807) is 27.5 Å². The standard InChI is InChI=1S/C18H23N5O3S/c1-24-14-8-6-5-7-13(14)23-11-12-9-20-18(27-4)22-16(12)21-17(23)19-10-15(25-2)26-3/h5-9,11,15,17,19H,10H2,1-4H3. The third-order valence-corrected chi connectivity index (χ3v) is 4.66. The summed E-state index contributed by atoms with van der Waals surface area (Å²) in [6.45, 7) is 0.455. The van der Waals surface area contributed by atoms with Crippen molar-refractivity contribution in [1.82, 2.24) is 15.3 Å². The molecule has 0 radical (unpaired) electrons. The molecule has 3 rings (SSSR count). The summed E-state index contributed by atoms with van der Waals surface area (Å²) in [6.07, 6.45) is 4.91. The molecule has 8 nitrogen and oxygen atoms in total. The molecule has 0 aliphatic carbocycles. The van der Waals surface area contributed by atoms with E-state index in [0.29, 0.717) is 17.2 Å². The molecule has 0 fully saturated rings. The number of hydrogen-bond acceptors (Lipinski definition) is 9. The van der Waals surface area contributed by atoms with E-state index in [9.17, 15) is 0 Å². The predicted molar refractivity (Wildman–Crippen MR) is 104 cm³/mol. The number of nitrogens with one attached hydrogen (secondary N) is 1. The Morgan fingerprint density at radius 2 is 2.00 bits per heavy atom. The van der Waals surface area contributed by atoms with Gasteiger partial charge in [-0.15, -0.1) is 0 Å². The summed E-state index contributed by atoms with van der Waals surface area (Å²) in [5.41, 5.74) is 1.52. The van der Waals surface area contributed by atoms with Gasteiger partial charge < -0.3 is 19.1 Å². The summed E-state index contributed by atoms with van der Waals surface area (Å²) in [6, 6.07) is 7.78. The highest BCUT2D eigenvalue weighted by atomic mass is 32.2. The Hall–Kier alpha value is -2.20. The summed E-state index contributed by atoms with van der Waals surface area (Å²) in [7, 11) is 4.85. The topological polar surface area (TPSA) is 81.1 Å². The van der Waals surface area contributed by atoms with Gasteiger partial charge in [-0.05, 0) is 18.4 Å². The first-order chi connectivity index (χ1) is 13.2. The summed E-state index contributed by atoms with van der Waals surface area (Å²) < 4.78 is 16.1. The molecule has 2 aromatic rings. The zero-order valence-corrected chi connectivity index (χ0v) is 16.6. The highest BCUT2D eigenvalue weighted by Gasteiger charge is 2.23. The molecule has 0 saturated carbocycles. The van der Waals surface area contributed by atoms with Crippen molar-refractivity contribution in [3.8, 4) is 5.75 Å². The number of hydrogen-bond donors (Lipinski definition) is 1. The van der Waals surface area contributed by atoms with Crippen molar-refractivity contribution < 1.29 is 14.2 Å². The number of thioether (sulfide) groups is 1. The quantitative estimate of drug-likeness (QED) is 0.399. The average molecular weight is 389 g/mol. The SMILES string of the molecule is COc1ccccc1N1C=c2cnc(SC)nc2=NC1NCC(OC)OC. The second-order valence-corrected chi connectivity index (χ2v) is 6.43. The Balaban J connectivity index is 2.02. The Bertz CT molecular complexity index is 891. The maximum absolute atomic E-state index is 5.52. The fourth-order valence-corrected chi connectivity index (χ4v) is 3.05. The van der Waals surface area contributed by atoms with Gasteiger partial charge in [-0.25, -0.2) is 15.0 Å². The van der Waals surface area contributed by atoms with Crippen LogP contribution in [0.4, 0.5) is 5.69 Å². The van der Waals surface area contributed by atoms with Crippen LogP contribution in [0.5, 0.6) is 5.75 Å². The number of nitrogens with zero attached hydrogens (tertiary/aromatic N) is 4. The van der Waals surface area contributed by atoms with Crippen LogP contribution in [-0.4, -0.2) is 56.7 Å². The largest absolute Gasteiger partial charge is 0.495 e. The van der Waals surface area contributed by atoms with E-state index < -0.39 is 6.29 Å². The van der Waals surface area contributed by atoms with Crippen LogP contribution in [-0.2, 0) is 9.47 Å². The number of methoxy groups -OCH3 is 3. The van der Waals surface area contributed by atoms with E-state index in [-0.39, 0.29) is 6.29 Å². The number of para-hydroxylation sites is 2. The van der Waals surface area contributed by atoms with Gasteiger partial charge in [0.25, 0.3) is 0 Å². The van der Waals surface area contributed by atoms with Gasteiger partial charge in [-0.1, -0.05) is 23.9 Å². The maximum atomic E-state index is 5.52. The molecule has 1 unspecified atom stereocenters. The predicted octanol–water partition coefficient (Wildman–Crippen LogP) is 0.577. The molecular formula is C18H23N5O3S. The lowest BCUT2D eigenvalue weighted by molar-refractivity contribution is -0.0997. The van der Waals surface area contributed by atoms with Gasteiger partial charge in [-0.3, -0.25) is 5.32 Å². The van der Waals surface area contributed by atoms with Crippen LogP contribution >= 0.6 is 11.8 Å². The minimum absolute atomic E-state index is 0.381. The van der Waals surface area contributed by atoms with E-state index in [1.165, 1.54) is 11.8 Å². The summed E-state index contributed by atoms with van der Waals surface area (Å²) >= 11 is 1.48. The molecule has 144 valence electrons. The summed E-state index contributed by atoms with van der Waals surface area (Å²) in [4.78, 5) is 15.6. The minimum atomic E-state index is -0.397. The molecule has 2 heterocycles. The lowest BCUT2D eigenvalue weighted by atomic mass is 10.2. The Morgan fingerprint density at radius 1 is 1.22 bits per heavy atom. The third-order valence-electron chi connectivity index (χ3n) is 4.10. The summed E-state index contributed by atoms with van der Waals surface area (Å²) in [5, 5.41) is 4.88. The van der Waals surface area contributed by atoms with Crippen molar-refractivity contribution in [2.45, 2.75) is 17.7 Å².